The fourth-order valence-corrected chi connectivity index (χ4v) is 2.67. The summed E-state index contributed by atoms with van der Waals surface area (Å²) in [4.78, 5) is 11.8. The molecule has 1 heterocycles. The van der Waals surface area contributed by atoms with Gasteiger partial charge in [0.1, 0.15) is 0 Å². The Morgan fingerprint density at radius 3 is 2.73 bits per heavy atom. The quantitative estimate of drug-likeness (QED) is 0.818. The van der Waals surface area contributed by atoms with E-state index in [0.717, 1.165) is 15.5 Å². The molecule has 0 aromatic carbocycles. The van der Waals surface area contributed by atoms with Crippen LogP contribution < -0.4 is 5.32 Å². The number of hydrogen-bond acceptors (Lipinski definition) is 2. The minimum absolute atomic E-state index is 0.0132. The monoisotopic (exact) mass is 353 g/mol. The summed E-state index contributed by atoms with van der Waals surface area (Å²) < 4.78 is 0.977. The molecule has 0 saturated heterocycles. The number of alkyl halides is 1. The van der Waals surface area contributed by atoms with Crippen molar-refractivity contribution in [2.45, 2.75) is 25.8 Å². The van der Waals surface area contributed by atoms with E-state index in [0.29, 0.717) is 5.56 Å². The summed E-state index contributed by atoms with van der Waals surface area (Å²) in [5.41, 5.74) is 0.540. The predicted octanol–water partition coefficient (Wildman–Crippen LogP) is 3.80. The zero-order valence-corrected chi connectivity index (χ0v) is 12.6. The molecule has 5 heteroatoms. The van der Waals surface area contributed by atoms with Crippen molar-refractivity contribution in [3.63, 3.8) is 0 Å². The Bertz CT molecular complexity index is 347. The lowest BCUT2D eigenvalue weighted by molar-refractivity contribution is 0.0914. The molecular formula is C10H13Br2NOS. The van der Waals surface area contributed by atoms with Gasteiger partial charge < -0.3 is 5.32 Å². The summed E-state index contributed by atoms with van der Waals surface area (Å²) in [6, 6.07) is 1.84. The molecule has 0 radical (unpaired) electrons. The van der Waals surface area contributed by atoms with Crippen LogP contribution in [0.2, 0.25) is 0 Å². The molecule has 1 aromatic heterocycles. The summed E-state index contributed by atoms with van der Waals surface area (Å²) in [5, 5.41) is 5.63. The maximum absolute atomic E-state index is 11.8. The Hall–Kier alpha value is 0.130. The van der Waals surface area contributed by atoms with Gasteiger partial charge in [-0.05, 0) is 35.3 Å². The van der Waals surface area contributed by atoms with Gasteiger partial charge in [-0.15, -0.1) is 11.3 Å². The van der Waals surface area contributed by atoms with Gasteiger partial charge >= 0.3 is 0 Å². The molecule has 1 rings (SSSR count). The third-order valence-corrected chi connectivity index (χ3v) is 5.06. The van der Waals surface area contributed by atoms with Gasteiger partial charge in [-0.25, -0.2) is 0 Å². The van der Waals surface area contributed by atoms with Crippen LogP contribution >= 0.6 is 43.2 Å². The Balaban J connectivity index is 2.71. The molecule has 0 aliphatic carbocycles. The zero-order valence-electron chi connectivity index (χ0n) is 8.64. The Labute approximate surface area is 111 Å². The number of halogens is 2. The fourth-order valence-electron chi connectivity index (χ4n) is 0.992. The summed E-state index contributed by atoms with van der Waals surface area (Å²) in [6.07, 6.45) is 0.898. The van der Waals surface area contributed by atoms with E-state index in [-0.39, 0.29) is 11.4 Å². The average Bonchev–Trinajstić information content (AvgIpc) is 2.65. The number of thiophene rings is 1. The van der Waals surface area contributed by atoms with Crippen LogP contribution in [0.3, 0.4) is 0 Å². The van der Waals surface area contributed by atoms with E-state index in [1.165, 1.54) is 11.3 Å². The molecule has 0 saturated carbocycles. The molecule has 15 heavy (non-hydrogen) atoms. The third kappa shape index (κ3) is 3.57. The lowest BCUT2D eigenvalue weighted by atomic mass is 10.0. The first-order valence-corrected chi connectivity index (χ1v) is 7.42. The van der Waals surface area contributed by atoms with Crippen molar-refractivity contribution in [1.82, 2.24) is 5.32 Å². The predicted molar refractivity (Wildman–Crippen MR) is 72.0 cm³/mol. The lowest BCUT2D eigenvalue weighted by Crippen LogP contribution is -2.46. The summed E-state index contributed by atoms with van der Waals surface area (Å²) in [5.74, 6) is -0.0132. The van der Waals surface area contributed by atoms with E-state index in [9.17, 15) is 4.79 Å². The van der Waals surface area contributed by atoms with E-state index < -0.39 is 0 Å². The molecule has 0 aliphatic heterocycles. The summed E-state index contributed by atoms with van der Waals surface area (Å²) in [7, 11) is 0. The molecule has 1 aromatic rings. The van der Waals surface area contributed by atoms with Gasteiger partial charge in [-0.1, -0.05) is 22.9 Å². The molecular weight excluding hydrogens is 342 g/mol. The maximum atomic E-state index is 11.8. The van der Waals surface area contributed by atoms with Crippen LogP contribution in [0.4, 0.5) is 0 Å². The first kappa shape index (κ1) is 13.2. The lowest BCUT2D eigenvalue weighted by Gasteiger charge is -2.27. The van der Waals surface area contributed by atoms with Crippen LogP contribution in [0.25, 0.3) is 0 Å². The summed E-state index contributed by atoms with van der Waals surface area (Å²) >= 11 is 8.28. The first-order valence-electron chi connectivity index (χ1n) is 4.63. The molecule has 84 valence electrons. The van der Waals surface area contributed by atoms with Crippen molar-refractivity contribution in [3.05, 3.63) is 20.8 Å². The van der Waals surface area contributed by atoms with Gasteiger partial charge in [-0.3, -0.25) is 4.79 Å². The van der Waals surface area contributed by atoms with Gasteiger partial charge in [0, 0.05) is 16.2 Å². The van der Waals surface area contributed by atoms with Crippen LogP contribution in [-0.4, -0.2) is 16.8 Å². The molecule has 1 atom stereocenters. The Kier molecular flexibility index (Phi) is 4.80. The number of amides is 1. The molecule has 1 N–H and O–H groups in total. The van der Waals surface area contributed by atoms with Crippen molar-refractivity contribution >= 4 is 49.1 Å². The van der Waals surface area contributed by atoms with Crippen molar-refractivity contribution in [2.24, 2.45) is 0 Å². The third-order valence-electron chi connectivity index (χ3n) is 2.32. The van der Waals surface area contributed by atoms with Gasteiger partial charge in [0.15, 0.2) is 0 Å². The first-order chi connectivity index (χ1) is 7.00. The van der Waals surface area contributed by atoms with Crippen LogP contribution in [0.5, 0.6) is 0 Å². The highest BCUT2D eigenvalue weighted by Gasteiger charge is 2.23. The van der Waals surface area contributed by atoms with Gasteiger partial charge in [0.05, 0.1) is 9.35 Å². The topological polar surface area (TPSA) is 29.1 Å². The number of rotatable bonds is 4. The van der Waals surface area contributed by atoms with Crippen molar-refractivity contribution in [3.8, 4) is 0 Å². The van der Waals surface area contributed by atoms with Crippen LogP contribution in [0, 0.1) is 0 Å². The van der Waals surface area contributed by atoms with Crippen LogP contribution in [0.1, 0.15) is 30.6 Å². The maximum Gasteiger partial charge on any atom is 0.252 e. The number of nitrogens with one attached hydrogen (secondary N) is 1. The Morgan fingerprint density at radius 2 is 2.33 bits per heavy atom. The van der Waals surface area contributed by atoms with E-state index in [4.69, 9.17) is 0 Å². The minimum atomic E-state index is -0.175. The SMILES string of the molecule is CCC(C)(CBr)NC(=O)c1csc(Br)c1. The smallest absolute Gasteiger partial charge is 0.252 e. The van der Waals surface area contributed by atoms with Gasteiger partial charge in [0.2, 0.25) is 0 Å². The largest absolute Gasteiger partial charge is 0.346 e. The molecule has 1 unspecified atom stereocenters. The van der Waals surface area contributed by atoms with E-state index >= 15 is 0 Å². The van der Waals surface area contributed by atoms with Crippen LogP contribution in [0.15, 0.2) is 15.2 Å². The van der Waals surface area contributed by atoms with Crippen LogP contribution in [-0.2, 0) is 0 Å². The van der Waals surface area contributed by atoms with Crippen molar-refractivity contribution < 1.29 is 4.79 Å². The van der Waals surface area contributed by atoms with E-state index in [1.54, 1.807) is 0 Å². The second-order valence-corrected chi connectivity index (χ2v) is 6.49. The molecule has 2 nitrogen and oxygen atoms in total. The molecule has 0 fully saturated rings. The number of carbonyl (C=O) groups is 1. The highest BCUT2D eigenvalue weighted by molar-refractivity contribution is 9.11. The minimum Gasteiger partial charge on any atom is -0.346 e. The molecule has 0 bridgehead atoms. The van der Waals surface area contributed by atoms with E-state index in [1.807, 2.05) is 18.4 Å². The fraction of sp³-hybridized carbons (Fsp3) is 0.500. The number of hydrogen-bond donors (Lipinski definition) is 1. The zero-order chi connectivity index (χ0) is 11.5. The highest BCUT2D eigenvalue weighted by atomic mass is 79.9. The summed E-state index contributed by atoms with van der Waals surface area (Å²) in [6.45, 7) is 4.09. The second kappa shape index (κ2) is 5.46. The Morgan fingerprint density at radius 1 is 1.67 bits per heavy atom. The average molecular weight is 355 g/mol. The number of carbonyl (C=O) groups excluding carboxylic acids is 1. The van der Waals surface area contributed by atoms with Gasteiger partial charge in [0.25, 0.3) is 5.91 Å². The normalized spacial score (nSPS) is 14.7. The molecule has 0 spiro atoms. The van der Waals surface area contributed by atoms with Crippen molar-refractivity contribution in [2.75, 3.05) is 5.33 Å². The highest BCUT2D eigenvalue weighted by Crippen LogP contribution is 2.21. The van der Waals surface area contributed by atoms with E-state index in [2.05, 4.69) is 44.1 Å². The molecule has 0 aliphatic rings. The second-order valence-electron chi connectivity index (χ2n) is 3.64. The standard InChI is InChI=1S/C10H13Br2NOS/c1-3-10(2,6-11)13-9(14)7-4-8(12)15-5-7/h4-5H,3,6H2,1-2H3,(H,13,14). The van der Waals surface area contributed by atoms with Gasteiger partial charge in [-0.2, -0.15) is 0 Å². The molecule has 1 amide bonds. The van der Waals surface area contributed by atoms with Crippen molar-refractivity contribution in [1.29, 1.82) is 0 Å².